The molecule has 1 saturated heterocycles. The number of halogens is 1. The number of carbonyl (C=O) groups excluding carboxylic acids is 1. The van der Waals surface area contributed by atoms with Gasteiger partial charge in [-0.05, 0) is 24.3 Å². The van der Waals surface area contributed by atoms with Gasteiger partial charge in [-0.15, -0.1) is 11.3 Å². The van der Waals surface area contributed by atoms with Gasteiger partial charge in [-0.1, -0.05) is 11.6 Å². The van der Waals surface area contributed by atoms with Gasteiger partial charge >= 0.3 is 0 Å². The van der Waals surface area contributed by atoms with Crippen molar-refractivity contribution in [3.63, 3.8) is 0 Å². The first-order valence-corrected chi connectivity index (χ1v) is 11.1. The highest BCUT2D eigenvalue weighted by atomic mass is 35.5. The van der Waals surface area contributed by atoms with E-state index in [2.05, 4.69) is 4.98 Å². The van der Waals surface area contributed by atoms with Crippen molar-refractivity contribution in [2.45, 2.75) is 11.3 Å². The first-order chi connectivity index (χ1) is 12.9. The number of hydrogen-bond acceptors (Lipinski definition) is 5. The maximum absolute atomic E-state index is 12.7. The number of benzene rings is 1. The number of hydrogen-bond donors (Lipinski definition) is 0. The van der Waals surface area contributed by atoms with Gasteiger partial charge in [0, 0.05) is 49.0 Å². The molecule has 0 N–H and O–H groups in total. The minimum atomic E-state index is -3.57. The molecule has 3 heterocycles. The van der Waals surface area contributed by atoms with Gasteiger partial charge in [0.25, 0.3) is 0 Å². The molecule has 0 saturated carbocycles. The SMILES string of the molecule is O=C(Cc1cn2ccsc2n1)N1CCN(S(=O)(=O)c2ccc(Cl)cc2)CC1. The van der Waals surface area contributed by atoms with E-state index < -0.39 is 10.0 Å². The molecule has 27 heavy (non-hydrogen) atoms. The second-order valence-electron chi connectivity index (χ2n) is 6.24. The minimum Gasteiger partial charge on any atom is -0.340 e. The Kier molecular flexibility index (Phi) is 4.94. The van der Waals surface area contributed by atoms with Gasteiger partial charge in [0.1, 0.15) is 0 Å². The van der Waals surface area contributed by atoms with Crippen molar-refractivity contribution in [2.24, 2.45) is 0 Å². The molecule has 4 rings (SSSR count). The molecule has 7 nitrogen and oxygen atoms in total. The third-order valence-electron chi connectivity index (χ3n) is 4.52. The molecule has 0 spiro atoms. The van der Waals surface area contributed by atoms with E-state index in [4.69, 9.17) is 11.6 Å². The minimum absolute atomic E-state index is 0.0377. The number of carbonyl (C=O) groups is 1. The van der Waals surface area contributed by atoms with Crippen molar-refractivity contribution in [1.82, 2.24) is 18.6 Å². The second-order valence-corrected chi connectivity index (χ2v) is 9.49. The molecule has 0 bridgehead atoms. The Hall–Kier alpha value is -1.94. The van der Waals surface area contributed by atoms with Crippen LogP contribution >= 0.6 is 22.9 Å². The van der Waals surface area contributed by atoms with E-state index in [1.54, 1.807) is 17.0 Å². The van der Waals surface area contributed by atoms with Gasteiger partial charge in [-0.2, -0.15) is 4.31 Å². The van der Waals surface area contributed by atoms with E-state index in [9.17, 15) is 13.2 Å². The maximum Gasteiger partial charge on any atom is 0.243 e. The lowest BCUT2D eigenvalue weighted by molar-refractivity contribution is -0.131. The summed E-state index contributed by atoms with van der Waals surface area (Å²) in [5, 5.41) is 2.43. The smallest absolute Gasteiger partial charge is 0.243 e. The predicted molar refractivity (Wildman–Crippen MR) is 104 cm³/mol. The second kappa shape index (κ2) is 7.23. The molecular weight excluding hydrogens is 408 g/mol. The van der Waals surface area contributed by atoms with E-state index in [1.807, 2.05) is 22.2 Å². The molecular formula is C17H17ClN4O3S2. The Balaban J connectivity index is 1.38. The fraction of sp³-hybridized carbons (Fsp3) is 0.294. The van der Waals surface area contributed by atoms with Crippen molar-refractivity contribution in [3.8, 4) is 0 Å². The highest BCUT2D eigenvalue weighted by Gasteiger charge is 2.30. The normalized spacial score (nSPS) is 16.1. The third kappa shape index (κ3) is 3.73. The molecule has 3 aromatic rings. The topological polar surface area (TPSA) is 75.0 Å². The lowest BCUT2D eigenvalue weighted by Gasteiger charge is -2.34. The Bertz CT molecular complexity index is 1040. The standard InChI is InChI=1S/C17H17ClN4O3S2/c18-13-1-3-15(4-2-13)27(24,25)22-7-5-20(6-8-22)16(23)11-14-12-21-9-10-26-17(21)19-14/h1-4,9-10,12H,5-8,11H2. The van der Waals surface area contributed by atoms with Gasteiger partial charge in [-0.3, -0.25) is 9.20 Å². The summed E-state index contributed by atoms with van der Waals surface area (Å²) in [7, 11) is -3.57. The molecule has 1 aliphatic heterocycles. The van der Waals surface area contributed by atoms with Gasteiger partial charge < -0.3 is 4.90 Å². The Morgan fingerprint density at radius 1 is 1.15 bits per heavy atom. The summed E-state index contributed by atoms with van der Waals surface area (Å²) in [6, 6.07) is 6.12. The predicted octanol–water partition coefficient (Wildman–Crippen LogP) is 2.12. The van der Waals surface area contributed by atoms with Crippen LogP contribution in [0.3, 0.4) is 0 Å². The highest BCUT2D eigenvalue weighted by molar-refractivity contribution is 7.89. The molecule has 1 fully saturated rings. The lowest BCUT2D eigenvalue weighted by atomic mass is 10.2. The van der Waals surface area contributed by atoms with Crippen LogP contribution in [0.15, 0.2) is 46.9 Å². The molecule has 1 amide bonds. The first-order valence-electron chi connectivity index (χ1n) is 8.38. The summed E-state index contributed by atoms with van der Waals surface area (Å²) < 4.78 is 28.7. The monoisotopic (exact) mass is 424 g/mol. The molecule has 142 valence electrons. The molecule has 10 heteroatoms. The van der Waals surface area contributed by atoms with Crippen LogP contribution in [0.5, 0.6) is 0 Å². The molecule has 0 atom stereocenters. The van der Waals surface area contributed by atoms with Gasteiger partial charge in [0.2, 0.25) is 15.9 Å². The average Bonchev–Trinajstić information content (AvgIpc) is 3.24. The first kappa shape index (κ1) is 18.4. The number of aromatic nitrogens is 2. The van der Waals surface area contributed by atoms with Crippen LogP contribution in [0.4, 0.5) is 0 Å². The summed E-state index contributed by atoms with van der Waals surface area (Å²) in [6.45, 7) is 1.28. The average molecular weight is 425 g/mol. The Morgan fingerprint density at radius 3 is 2.52 bits per heavy atom. The van der Waals surface area contributed by atoms with Crippen molar-refractivity contribution < 1.29 is 13.2 Å². The van der Waals surface area contributed by atoms with E-state index in [0.717, 1.165) is 10.7 Å². The Morgan fingerprint density at radius 2 is 1.85 bits per heavy atom. The number of piperazine rings is 1. The van der Waals surface area contributed by atoms with E-state index >= 15 is 0 Å². The zero-order valence-electron chi connectivity index (χ0n) is 14.3. The zero-order valence-corrected chi connectivity index (χ0v) is 16.7. The summed E-state index contributed by atoms with van der Waals surface area (Å²) in [5.74, 6) is -0.0377. The van der Waals surface area contributed by atoms with E-state index in [0.29, 0.717) is 18.1 Å². The zero-order chi connectivity index (χ0) is 19.0. The molecule has 1 aliphatic rings. The van der Waals surface area contributed by atoms with Crippen LogP contribution in [0, 0.1) is 0 Å². The number of rotatable bonds is 4. The molecule has 0 radical (unpaired) electrons. The van der Waals surface area contributed by atoms with Crippen LogP contribution in [0.25, 0.3) is 4.96 Å². The van der Waals surface area contributed by atoms with Crippen molar-refractivity contribution in [1.29, 1.82) is 0 Å². The number of nitrogens with zero attached hydrogens (tertiary/aromatic N) is 4. The summed E-state index contributed by atoms with van der Waals surface area (Å²) in [4.78, 5) is 19.7. The highest BCUT2D eigenvalue weighted by Crippen LogP contribution is 2.20. The number of thiazole rings is 1. The van der Waals surface area contributed by atoms with E-state index in [-0.39, 0.29) is 30.3 Å². The summed E-state index contributed by atoms with van der Waals surface area (Å²) >= 11 is 7.35. The number of sulfonamides is 1. The largest absolute Gasteiger partial charge is 0.340 e. The van der Waals surface area contributed by atoms with Crippen LogP contribution in [-0.4, -0.2) is 59.1 Å². The molecule has 0 aliphatic carbocycles. The molecule has 0 unspecified atom stereocenters. The molecule has 1 aromatic carbocycles. The summed E-state index contributed by atoms with van der Waals surface area (Å²) in [5.41, 5.74) is 0.725. The van der Waals surface area contributed by atoms with Gasteiger partial charge in [-0.25, -0.2) is 13.4 Å². The number of fused-ring (bicyclic) bond motifs is 1. The Labute approximate surface area is 165 Å². The summed E-state index contributed by atoms with van der Waals surface area (Å²) in [6.07, 6.45) is 3.98. The van der Waals surface area contributed by atoms with Crippen LogP contribution in [0.2, 0.25) is 5.02 Å². The van der Waals surface area contributed by atoms with Crippen LogP contribution in [-0.2, 0) is 21.2 Å². The van der Waals surface area contributed by atoms with Crippen LogP contribution in [0.1, 0.15) is 5.69 Å². The third-order valence-corrected chi connectivity index (χ3v) is 7.45. The van der Waals surface area contributed by atoms with Crippen molar-refractivity contribution in [3.05, 3.63) is 52.8 Å². The fourth-order valence-electron chi connectivity index (χ4n) is 3.06. The number of imidazole rings is 1. The lowest BCUT2D eigenvalue weighted by Crippen LogP contribution is -2.50. The fourth-order valence-corrected chi connectivity index (χ4v) is 5.33. The van der Waals surface area contributed by atoms with Crippen molar-refractivity contribution in [2.75, 3.05) is 26.2 Å². The van der Waals surface area contributed by atoms with Crippen molar-refractivity contribution >= 4 is 43.8 Å². The van der Waals surface area contributed by atoms with Gasteiger partial charge in [0.15, 0.2) is 4.96 Å². The van der Waals surface area contributed by atoms with Gasteiger partial charge in [0.05, 0.1) is 17.0 Å². The molecule has 2 aromatic heterocycles. The van der Waals surface area contributed by atoms with E-state index in [1.165, 1.54) is 27.8 Å². The number of amides is 1. The maximum atomic E-state index is 12.7. The van der Waals surface area contributed by atoms with Crippen LogP contribution < -0.4 is 0 Å². The quantitative estimate of drug-likeness (QED) is 0.643.